The Hall–Kier alpha value is -1.51. The average molecular weight is 311 g/mol. The molecule has 3 rings (SSSR count). The van der Waals surface area contributed by atoms with E-state index in [4.69, 9.17) is 0 Å². The minimum atomic E-state index is -3.57. The molecule has 2 heterocycles. The van der Waals surface area contributed by atoms with Crippen LogP contribution in [0, 0.1) is 16.0 Å². The lowest BCUT2D eigenvalue weighted by Crippen LogP contribution is -2.41. The van der Waals surface area contributed by atoms with Crippen LogP contribution in [0.5, 0.6) is 0 Å². The van der Waals surface area contributed by atoms with Gasteiger partial charge >= 0.3 is 0 Å². The zero-order valence-corrected chi connectivity index (χ0v) is 12.3. The Morgan fingerprint density at radius 2 is 1.95 bits per heavy atom. The average Bonchev–Trinajstić information content (AvgIpc) is 2.92. The molecule has 0 bridgehead atoms. The Morgan fingerprint density at radius 3 is 2.57 bits per heavy atom. The van der Waals surface area contributed by atoms with Gasteiger partial charge in [0.25, 0.3) is 5.69 Å². The molecular formula is C13H17N3O4S. The van der Waals surface area contributed by atoms with Crippen LogP contribution in [0.25, 0.3) is 0 Å². The number of nitro groups is 1. The van der Waals surface area contributed by atoms with Crippen LogP contribution in [-0.4, -0.2) is 43.3 Å². The van der Waals surface area contributed by atoms with Crippen LogP contribution in [0.15, 0.2) is 29.2 Å². The molecule has 2 unspecified atom stereocenters. The van der Waals surface area contributed by atoms with E-state index in [1.165, 1.54) is 28.6 Å². The monoisotopic (exact) mass is 311 g/mol. The molecule has 2 saturated heterocycles. The predicted molar refractivity (Wildman–Crippen MR) is 76.4 cm³/mol. The maximum atomic E-state index is 12.6. The summed E-state index contributed by atoms with van der Waals surface area (Å²) in [4.78, 5) is 10.2. The summed E-state index contributed by atoms with van der Waals surface area (Å²) in [5.41, 5.74) is -0.106. The maximum absolute atomic E-state index is 12.6. The van der Waals surface area contributed by atoms with Gasteiger partial charge in [0.1, 0.15) is 0 Å². The summed E-state index contributed by atoms with van der Waals surface area (Å²) in [5, 5.41) is 14.0. The molecule has 114 valence electrons. The second-order valence-electron chi connectivity index (χ2n) is 5.54. The molecular weight excluding hydrogens is 294 g/mol. The first-order chi connectivity index (χ1) is 9.98. The lowest BCUT2D eigenvalue weighted by atomic mass is 9.94. The van der Waals surface area contributed by atoms with Crippen molar-refractivity contribution >= 4 is 15.7 Å². The van der Waals surface area contributed by atoms with Gasteiger partial charge in [-0.05, 0) is 37.4 Å². The minimum Gasteiger partial charge on any atom is -0.312 e. The molecule has 0 saturated carbocycles. The normalized spacial score (nSPS) is 26.5. The fraction of sp³-hybridized carbons (Fsp3) is 0.538. The number of non-ortho nitro benzene ring substituents is 1. The topological polar surface area (TPSA) is 92.5 Å². The van der Waals surface area contributed by atoms with Gasteiger partial charge in [-0.2, -0.15) is 4.31 Å². The Labute approximate surface area is 123 Å². The van der Waals surface area contributed by atoms with E-state index < -0.39 is 14.9 Å². The summed E-state index contributed by atoms with van der Waals surface area (Å²) in [6.45, 7) is 1.94. The van der Waals surface area contributed by atoms with Gasteiger partial charge in [-0.3, -0.25) is 10.1 Å². The van der Waals surface area contributed by atoms with Gasteiger partial charge < -0.3 is 5.32 Å². The van der Waals surface area contributed by atoms with Crippen LogP contribution in [0.4, 0.5) is 5.69 Å². The second-order valence-corrected chi connectivity index (χ2v) is 7.47. The summed E-state index contributed by atoms with van der Waals surface area (Å²) in [6, 6.07) is 5.31. The van der Waals surface area contributed by atoms with Crippen molar-refractivity contribution in [3.8, 4) is 0 Å². The van der Waals surface area contributed by atoms with Crippen LogP contribution in [-0.2, 0) is 10.0 Å². The largest absolute Gasteiger partial charge is 0.312 e. The summed E-state index contributed by atoms with van der Waals surface area (Å²) in [5.74, 6) is 0.367. The van der Waals surface area contributed by atoms with Gasteiger partial charge in [0.2, 0.25) is 10.0 Å². The number of fused-ring (bicyclic) bond motifs is 1. The van der Waals surface area contributed by atoms with E-state index in [9.17, 15) is 18.5 Å². The zero-order chi connectivity index (χ0) is 15.0. The van der Waals surface area contributed by atoms with Crippen molar-refractivity contribution in [1.29, 1.82) is 0 Å². The van der Waals surface area contributed by atoms with E-state index in [0.717, 1.165) is 19.4 Å². The molecule has 0 radical (unpaired) electrons. The lowest BCUT2D eigenvalue weighted by Gasteiger charge is -2.24. The number of rotatable bonds is 3. The number of sulfonamides is 1. The van der Waals surface area contributed by atoms with E-state index in [1.807, 2.05) is 0 Å². The maximum Gasteiger partial charge on any atom is 0.269 e. The third-order valence-corrected chi connectivity index (χ3v) is 6.10. The number of benzene rings is 1. The molecule has 0 aromatic heterocycles. The van der Waals surface area contributed by atoms with Crippen molar-refractivity contribution in [3.63, 3.8) is 0 Å². The first-order valence-corrected chi connectivity index (χ1v) is 8.40. The zero-order valence-electron chi connectivity index (χ0n) is 11.4. The highest BCUT2D eigenvalue weighted by atomic mass is 32.2. The standard InChI is InChI=1S/C13H17N3O4S/c17-16(18)11-3-5-12(6-4-11)21(19,20)15-8-10-2-1-7-14-13(10)9-15/h3-6,10,13-14H,1-2,7-9H2. The third-order valence-electron chi connectivity index (χ3n) is 4.25. The van der Waals surface area contributed by atoms with E-state index in [0.29, 0.717) is 19.0 Å². The Morgan fingerprint density at radius 1 is 1.24 bits per heavy atom. The van der Waals surface area contributed by atoms with Gasteiger partial charge in [-0.15, -0.1) is 0 Å². The van der Waals surface area contributed by atoms with Gasteiger partial charge in [0.05, 0.1) is 9.82 Å². The molecule has 0 amide bonds. The van der Waals surface area contributed by atoms with E-state index in [-0.39, 0.29) is 16.6 Å². The number of hydrogen-bond donors (Lipinski definition) is 1. The smallest absolute Gasteiger partial charge is 0.269 e. The van der Waals surface area contributed by atoms with Gasteiger partial charge in [0.15, 0.2) is 0 Å². The molecule has 2 aliphatic heterocycles. The van der Waals surface area contributed by atoms with Crippen LogP contribution in [0.2, 0.25) is 0 Å². The van der Waals surface area contributed by atoms with Crippen molar-refractivity contribution in [3.05, 3.63) is 34.4 Å². The van der Waals surface area contributed by atoms with Crippen molar-refractivity contribution < 1.29 is 13.3 Å². The Kier molecular flexibility index (Phi) is 3.68. The fourth-order valence-corrected chi connectivity index (χ4v) is 4.62. The molecule has 0 aliphatic carbocycles. The quantitative estimate of drug-likeness (QED) is 0.663. The van der Waals surface area contributed by atoms with Crippen molar-refractivity contribution in [2.45, 2.75) is 23.8 Å². The molecule has 2 aliphatic rings. The molecule has 1 aromatic carbocycles. The number of piperidine rings is 1. The van der Waals surface area contributed by atoms with E-state index >= 15 is 0 Å². The van der Waals surface area contributed by atoms with Gasteiger partial charge in [0, 0.05) is 31.3 Å². The highest BCUT2D eigenvalue weighted by molar-refractivity contribution is 7.89. The van der Waals surface area contributed by atoms with Crippen molar-refractivity contribution in [2.75, 3.05) is 19.6 Å². The lowest BCUT2D eigenvalue weighted by molar-refractivity contribution is -0.384. The molecule has 8 heteroatoms. The Bertz CT molecular complexity index is 630. The van der Waals surface area contributed by atoms with Crippen LogP contribution in [0.3, 0.4) is 0 Å². The molecule has 21 heavy (non-hydrogen) atoms. The highest BCUT2D eigenvalue weighted by Crippen LogP contribution is 2.29. The number of nitro benzene ring substituents is 1. The van der Waals surface area contributed by atoms with Crippen LogP contribution >= 0.6 is 0 Å². The number of nitrogens with one attached hydrogen (secondary N) is 1. The van der Waals surface area contributed by atoms with E-state index in [1.54, 1.807) is 0 Å². The molecule has 0 spiro atoms. The summed E-state index contributed by atoms with van der Waals surface area (Å²) < 4.78 is 26.7. The SMILES string of the molecule is O=[N+]([O-])c1ccc(S(=O)(=O)N2CC3CCCNC3C2)cc1. The Balaban J connectivity index is 1.82. The first kappa shape index (κ1) is 14.4. The summed E-state index contributed by atoms with van der Waals surface area (Å²) in [6.07, 6.45) is 2.12. The van der Waals surface area contributed by atoms with Crippen molar-refractivity contribution in [2.24, 2.45) is 5.92 Å². The number of hydrogen-bond acceptors (Lipinski definition) is 5. The highest BCUT2D eigenvalue weighted by Gasteiger charge is 2.40. The summed E-state index contributed by atoms with van der Waals surface area (Å²) in [7, 11) is -3.57. The summed E-state index contributed by atoms with van der Waals surface area (Å²) >= 11 is 0. The minimum absolute atomic E-state index is 0.106. The molecule has 7 nitrogen and oxygen atoms in total. The molecule has 2 atom stereocenters. The van der Waals surface area contributed by atoms with Gasteiger partial charge in [-0.25, -0.2) is 8.42 Å². The fourth-order valence-electron chi connectivity index (χ4n) is 3.09. The van der Waals surface area contributed by atoms with Gasteiger partial charge in [-0.1, -0.05) is 0 Å². The molecule has 1 aromatic rings. The van der Waals surface area contributed by atoms with Crippen molar-refractivity contribution in [1.82, 2.24) is 9.62 Å². The molecule has 1 N–H and O–H groups in total. The van der Waals surface area contributed by atoms with Crippen LogP contribution < -0.4 is 5.32 Å². The van der Waals surface area contributed by atoms with Crippen LogP contribution in [0.1, 0.15) is 12.8 Å². The second kappa shape index (κ2) is 5.36. The van der Waals surface area contributed by atoms with E-state index in [2.05, 4.69) is 5.32 Å². The predicted octanol–water partition coefficient (Wildman–Crippen LogP) is 0.967. The number of nitrogens with zero attached hydrogens (tertiary/aromatic N) is 2. The third kappa shape index (κ3) is 2.66. The first-order valence-electron chi connectivity index (χ1n) is 6.96. The molecule has 2 fully saturated rings.